The number of aromatic nitrogens is 5. The van der Waals surface area contributed by atoms with Crippen LogP contribution in [-0.4, -0.2) is 45.2 Å². The van der Waals surface area contributed by atoms with E-state index in [0.29, 0.717) is 11.4 Å². The fourth-order valence-corrected chi connectivity index (χ4v) is 7.12. The summed E-state index contributed by atoms with van der Waals surface area (Å²) >= 11 is 0. The highest BCUT2D eigenvalue weighted by molar-refractivity contribution is 7.90. The molecule has 1 aromatic carbocycles. The lowest BCUT2D eigenvalue weighted by Crippen LogP contribution is -2.38. The van der Waals surface area contributed by atoms with Crippen LogP contribution in [0.1, 0.15) is 49.6 Å². The fourth-order valence-electron chi connectivity index (χ4n) is 6.59. The topological polar surface area (TPSA) is 108 Å². The summed E-state index contributed by atoms with van der Waals surface area (Å²) in [4.78, 5) is 22.0. The summed E-state index contributed by atoms with van der Waals surface area (Å²) in [7, 11) is -3.21. The van der Waals surface area contributed by atoms with Crippen molar-refractivity contribution < 1.29 is 17.2 Å². The number of pyridine rings is 1. The molecule has 8 nitrogen and oxygen atoms in total. The van der Waals surface area contributed by atoms with Crippen molar-refractivity contribution in [1.29, 1.82) is 0 Å². The van der Waals surface area contributed by atoms with Gasteiger partial charge in [-0.05, 0) is 60.1 Å². The number of sulfone groups is 1. The predicted octanol–water partition coefficient (Wildman–Crippen LogP) is 4.29. The lowest BCUT2D eigenvalue weighted by Gasteiger charge is -2.37. The molecule has 6 rings (SSSR count). The number of hydrogen-bond donors (Lipinski definition) is 0. The van der Waals surface area contributed by atoms with E-state index in [9.17, 15) is 22.0 Å². The average Bonchev–Trinajstić information content (AvgIpc) is 3.28. The van der Waals surface area contributed by atoms with Crippen LogP contribution in [0.2, 0.25) is 0 Å². The van der Waals surface area contributed by atoms with E-state index in [2.05, 4.69) is 29.0 Å². The van der Waals surface area contributed by atoms with Gasteiger partial charge in [-0.3, -0.25) is 4.79 Å². The Kier molecular flexibility index (Phi) is 5.99. The molecule has 1 fully saturated rings. The van der Waals surface area contributed by atoms with Crippen LogP contribution in [0.4, 0.5) is 8.78 Å². The summed E-state index contributed by atoms with van der Waals surface area (Å²) in [5, 5.41) is 8.84. The van der Waals surface area contributed by atoms with Crippen LogP contribution < -0.4 is 5.56 Å². The zero-order chi connectivity index (χ0) is 28.4. The van der Waals surface area contributed by atoms with E-state index in [-0.39, 0.29) is 40.4 Å². The van der Waals surface area contributed by atoms with Crippen molar-refractivity contribution in [2.24, 2.45) is 5.41 Å². The Bertz CT molecular complexity index is 1820. The van der Waals surface area contributed by atoms with Crippen molar-refractivity contribution >= 4 is 9.84 Å². The van der Waals surface area contributed by atoms with Crippen molar-refractivity contribution in [1.82, 2.24) is 24.7 Å². The number of aryl methyl sites for hydroxylation is 1. The number of hydrogen-bond acceptors (Lipinski definition) is 7. The highest BCUT2D eigenvalue weighted by Crippen LogP contribution is 2.69. The van der Waals surface area contributed by atoms with Gasteiger partial charge in [-0.15, -0.1) is 5.10 Å². The summed E-state index contributed by atoms with van der Waals surface area (Å²) in [6.45, 7) is 4.37. The fraction of sp³-hybridized carbons (Fsp3) is 0.345. The van der Waals surface area contributed by atoms with Crippen molar-refractivity contribution in [2.75, 3.05) is 12.0 Å². The molecule has 4 aromatic rings. The maximum absolute atomic E-state index is 14.5. The summed E-state index contributed by atoms with van der Waals surface area (Å²) in [6, 6.07) is 10.4. The van der Waals surface area contributed by atoms with Gasteiger partial charge in [0.2, 0.25) is 0 Å². The molecular formula is C29H27F2N5O3S. The van der Waals surface area contributed by atoms with Crippen LogP contribution in [0.15, 0.2) is 59.7 Å². The number of halogens is 2. The Balaban J connectivity index is 1.42. The van der Waals surface area contributed by atoms with Gasteiger partial charge in [-0.1, -0.05) is 19.9 Å². The minimum atomic E-state index is -3.21. The van der Waals surface area contributed by atoms with E-state index < -0.39 is 26.9 Å². The van der Waals surface area contributed by atoms with E-state index in [1.54, 1.807) is 24.5 Å². The Morgan fingerprint density at radius 3 is 2.52 bits per heavy atom. The largest absolute Gasteiger partial charge is 0.314 e. The normalized spacial score (nSPS) is 21.0. The molecule has 2 bridgehead atoms. The molecule has 0 N–H and O–H groups in total. The van der Waals surface area contributed by atoms with Gasteiger partial charge < -0.3 is 4.57 Å². The third kappa shape index (κ3) is 3.97. The van der Waals surface area contributed by atoms with Crippen molar-refractivity contribution in [3.8, 4) is 22.6 Å². The Morgan fingerprint density at radius 2 is 1.82 bits per heavy atom. The summed E-state index contributed by atoms with van der Waals surface area (Å²) < 4.78 is 53.5. The van der Waals surface area contributed by atoms with Gasteiger partial charge >= 0.3 is 0 Å². The molecule has 11 heteroatoms. The minimum absolute atomic E-state index is 0.0613. The monoisotopic (exact) mass is 563 g/mol. The first-order valence-electron chi connectivity index (χ1n) is 13.0. The van der Waals surface area contributed by atoms with Gasteiger partial charge in [0.15, 0.2) is 5.82 Å². The molecule has 0 amide bonds. The molecule has 1 saturated carbocycles. The molecule has 0 radical (unpaired) electrons. The lowest BCUT2D eigenvalue weighted by molar-refractivity contribution is 0.243. The SMILES string of the molecule is CC1(C)[C@H]2CC[C@]1(c1ccnc(-c3ccn(CCS(C)(=O)=O)c(=O)c3)n1)c1nnc(-c3c(F)cccc3F)cc12. The smallest absolute Gasteiger partial charge is 0.251 e. The van der Waals surface area contributed by atoms with E-state index in [1.807, 2.05) is 6.07 Å². The summed E-state index contributed by atoms with van der Waals surface area (Å²) in [5.41, 5.74) is 1.61. The van der Waals surface area contributed by atoms with Crippen LogP contribution in [-0.2, 0) is 21.8 Å². The standard InChI is InChI=1S/C29H27F2N5O3S/c1-28(2)19-7-10-29(28,26-18(19)16-22(34-35-26)25-20(30)5-4-6-21(25)31)23-8-11-32-27(33-23)17-9-12-36(24(37)15-17)13-14-40(3,38)39/h4-6,8-9,11-12,15-16,19H,7,10,13-14H2,1-3H3/t19-,29-/m0/s1. The molecule has 2 aliphatic carbocycles. The highest BCUT2D eigenvalue weighted by atomic mass is 32.2. The van der Waals surface area contributed by atoms with Crippen molar-refractivity contribution in [2.45, 2.75) is 44.6 Å². The quantitative estimate of drug-likeness (QED) is 0.344. The maximum Gasteiger partial charge on any atom is 0.251 e. The summed E-state index contributed by atoms with van der Waals surface area (Å²) in [5.74, 6) is -1.06. The van der Waals surface area contributed by atoms with E-state index in [0.717, 1.165) is 36.0 Å². The molecule has 0 saturated heterocycles. The van der Waals surface area contributed by atoms with Gasteiger partial charge in [-0.25, -0.2) is 27.2 Å². The van der Waals surface area contributed by atoms with Gasteiger partial charge in [0, 0.05) is 36.8 Å². The first kappa shape index (κ1) is 26.4. The molecular weight excluding hydrogens is 536 g/mol. The van der Waals surface area contributed by atoms with E-state index in [4.69, 9.17) is 4.98 Å². The van der Waals surface area contributed by atoms with Gasteiger partial charge in [0.1, 0.15) is 21.5 Å². The van der Waals surface area contributed by atoms with Crippen molar-refractivity contribution in [3.63, 3.8) is 0 Å². The Morgan fingerprint density at radius 1 is 1.07 bits per heavy atom. The minimum Gasteiger partial charge on any atom is -0.314 e. The molecule has 0 unspecified atom stereocenters. The summed E-state index contributed by atoms with van der Waals surface area (Å²) in [6.07, 6.45) is 5.95. The number of nitrogens with zero attached hydrogens (tertiary/aromatic N) is 5. The second-order valence-corrected chi connectivity index (χ2v) is 13.5. The molecule has 3 heterocycles. The molecule has 206 valence electrons. The van der Waals surface area contributed by atoms with Gasteiger partial charge in [-0.2, -0.15) is 5.10 Å². The predicted molar refractivity (Wildman–Crippen MR) is 145 cm³/mol. The molecule has 40 heavy (non-hydrogen) atoms. The molecule has 0 aliphatic heterocycles. The van der Waals surface area contributed by atoms with Crippen LogP contribution in [0.5, 0.6) is 0 Å². The Labute approximate surface area is 230 Å². The van der Waals surface area contributed by atoms with Crippen LogP contribution in [0.3, 0.4) is 0 Å². The zero-order valence-corrected chi connectivity index (χ0v) is 23.0. The molecule has 2 atom stereocenters. The first-order chi connectivity index (χ1) is 18.9. The second kappa shape index (κ2) is 9.09. The first-order valence-corrected chi connectivity index (χ1v) is 15.0. The number of fused-ring (bicyclic) bond motifs is 5. The maximum atomic E-state index is 14.5. The number of benzene rings is 1. The van der Waals surface area contributed by atoms with Crippen LogP contribution in [0, 0.1) is 17.0 Å². The average molecular weight is 564 g/mol. The van der Waals surface area contributed by atoms with E-state index >= 15 is 0 Å². The highest BCUT2D eigenvalue weighted by Gasteiger charge is 2.65. The van der Waals surface area contributed by atoms with Crippen LogP contribution >= 0.6 is 0 Å². The zero-order valence-electron chi connectivity index (χ0n) is 22.2. The molecule has 2 aliphatic rings. The van der Waals surface area contributed by atoms with Crippen molar-refractivity contribution in [3.05, 3.63) is 93.8 Å². The van der Waals surface area contributed by atoms with Gasteiger partial charge in [0.05, 0.1) is 33.8 Å². The van der Waals surface area contributed by atoms with Crippen LogP contribution in [0.25, 0.3) is 22.6 Å². The number of rotatable bonds is 6. The van der Waals surface area contributed by atoms with E-state index in [1.165, 1.54) is 28.8 Å². The third-order valence-corrected chi connectivity index (χ3v) is 9.58. The lowest BCUT2D eigenvalue weighted by atomic mass is 9.66. The van der Waals surface area contributed by atoms with Gasteiger partial charge in [0.25, 0.3) is 5.56 Å². The second-order valence-electron chi connectivity index (χ2n) is 11.2. The Hall–Kier alpha value is -3.86. The molecule has 3 aromatic heterocycles. The molecule has 0 spiro atoms. The third-order valence-electron chi connectivity index (χ3n) is 8.65.